The fraction of sp³-hybridized carbons (Fsp3) is 0.889. The van der Waals surface area contributed by atoms with Gasteiger partial charge in [-0.1, -0.05) is 6.92 Å². The fourth-order valence-corrected chi connectivity index (χ4v) is 1.35. The Balaban J connectivity index is 4.01. The Morgan fingerprint density at radius 2 is 2.00 bits per heavy atom. The molecule has 0 unspecified atom stereocenters. The summed E-state index contributed by atoms with van der Waals surface area (Å²) >= 11 is 0. The minimum Gasteiger partial charge on any atom is -0.550 e. The maximum Gasteiger partial charge on any atom is 0.0940 e. The molecule has 0 rings (SSSR count). The normalized spacial score (nSPS) is 14.2. The standard InChI is InChI=1S/C9H20N2O2/c1-5-10-8(6-9(12)13)7-11(2,3)4/h8,10H,5-7H2,1-4H3/t8-/m1/s1. The molecule has 0 aromatic rings. The first kappa shape index (κ1) is 12.4. The summed E-state index contributed by atoms with van der Waals surface area (Å²) in [6.07, 6.45) is 0.0867. The first-order valence-corrected chi connectivity index (χ1v) is 4.59. The molecule has 0 heterocycles. The van der Waals surface area contributed by atoms with Gasteiger partial charge in [0, 0.05) is 12.4 Å². The third-order valence-electron chi connectivity index (χ3n) is 1.67. The Morgan fingerprint density at radius 3 is 2.31 bits per heavy atom. The molecule has 0 aliphatic carbocycles. The molecule has 4 nitrogen and oxygen atoms in total. The lowest BCUT2D eigenvalue weighted by molar-refractivity contribution is -0.871. The van der Waals surface area contributed by atoms with E-state index in [2.05, 4.69) is 5.32 Å². The lowest BCUT2D eigenvalue weighted by Crippen LogP contribution is -2.49. The van der Waals surface area contributed by atoms with Crippen LogP contribution >= 0.6 is 0 Å². The molecule has 0 saturated heterocycles. The molecule has 4 heteroatoms. The Morgan fingerprint density at radius 1 is 1.46 bits per heavy atom. The molecule has 13 heavy (non-hydrogen) atoms. The van der Waals surface area contributed by atoms with E-state index in [0.717, 1.165) is 17.6 Å². The molecule has 0 amide bonds. The summed E-state index contributed by atoms with van der Waals surface area (Å²) in [6.45, 7) is 3.55. The van der Waals surface area contributed by atoms with E-state index in [-0.39, 0.29) is 12.5 Å². The molecule has 0 aromatic heterocycles. The predicted octanol–water partition coefficient (Wildman–Crippen LogP) is -1.19. The first-order valence-electron chi connectivity index (χ1n) is 4.59. The third kappa shape index (κ3) is 7.74. The molecule has 0 fully saturated rings. The van der Waals surface area contributed by atoms with E-state index in [1.807, 2.05) is 28.1 Å². The zero-order valence-electron chi connectivity index (χ0n) is 8.96. The van der Waals surface area contributed by atoms with Crippen molar-refractivity contribution in [3.8, 4) is 0 Å². The fourth-order valence-electron chi connectivity index (χ4n) is 1.35. The Hall–Kier alpha value is -0.610. The van der Waals surface area contributed by atoms with Gasteiger partial charge < -0.3 is 19.7 Å². The highest BCUT2D eigenvalue weighted by atomic mass is 16.4. The average Bonchev–Trinajstić information content (AvgIpc) is 1.81. The highest BCUT2D eigenvalue weighted by molar-refractivity contribution is 5.65. The molecule has 0 aliphatic heterocycles. The minimum absolute atomic E-state index is 0.00926. The van der Waals surface area contributed by atoms with Crippen LogP contribution in [0.1, 0.15) is 13.3 Å². The quantitative estimate of drug-likeness (QED) is 0.533. The SMILES string of the molecule is CCN[C@H](CC(=O)[O-])C[N+](C)(C)C. The maximum absolute atomic E-state index is 10.4. The monoisotopic (exact) mass is 188 g/mol. The van der Waals surface area contributed by atoms with Crippen LogP contribution in [-0.4, -0.2) is 50.7 Å². The van der Waals surface area contributed by atoms with Crippen LogP contribution in [0.2, 0.25) is 0 Å². The lowest BCUT2D eigenvalue weighted by Gasteiger charge is -2.29. The number of nitrogens with one attached hydrogen (secondary N) is 1. The number of likely N-dealkylation sites (N-methyl/N-ethyl adjacent to an activating group) is 2. The van der Waals surface area contributed by atoms with Crippen LogP contribution in [0.4, 0.5) is 0 Å². The molecule has 1 atom stereocenters. The minimum atomic E-state index is -0.987. The van der Waals surface area contributed by atoms with E-state index >= 15 is 0 Å². The Bertz CT molecular complexity index is 163. The van der Waals surface area contributed by atoms with Crippen molar-refractivity contribution in [3.63, 3.8) is 0 Å². The van der Waals surface area contributed by atoms with Crippen LogP contribution in [-0.2, 0) is 4.79 Å². The van der Waals surface area contributed by atoms with Crippen molar-refractivity contribution in [2.45, 2.75) is 19.4 Å². The summed E-state index contributed by atoms with van der Waals surface area (Å²) in [5.74, 6) is -0.987. The van der Waals surface area contributed by atoms with Gasteiger partial charge in [-0.15, -0.1) is 0 Å². The predicted molar refractivity (Wildman–Crippen MR) is 50.0 cm³/mol. The van der Waals surface area contributed by atoms with Gasteiger partial charge in [0.05, 0.1) is 33.7 Å². The van der Waals surface area contributed by atoms with Crippen molar-refractivity contribution in [3.05, 3.63) is 0 Å². The number of carbonyl (C=O) groups excluding carboxylic acids is 1. The van der Waals surface area contributed by atoms with Gasteiger partial charge in [-0.3, -0.25) is 0 Å². The average molecular weight is 188 g/mol. The lowest BCUT2D eigenvalue weighted by atomic mass is 10.2. The smallest absolute Gasteiger partial charge is 0.0940 e. The van der Waals surface area contributed by atoms with Gasteiger partial charge in [0.1, 0.15) is 0 Å². The molecule has 78 valence electrons. The number of rotatable bonds is 6. The summed E-state index contributed by atoms with van der Waals surface area (Å²) in [4.78, 5) is 10.4. The summed E-state index contributed by atoms with van der Waals surface area (Å²) in [6, 6.07) is 0.00926. The van der Waals surface area contributed by atoms with Crippen molar-refractivity contribution in [2.24, 2.45) is 0 Å². The summed E-state index contributed by atoms with van der Waals surface area (Å²) in [5.41, 5.74) is 0. The van der Waals surface area contributed by atoms with Gasteiger partial charge in [0.2, 0.25) is 0 Å². The van der Waals surface area contributed by atoms with Gasteiger partial charge in [-0.05, 0) is 6.54 Å². The van der Waals surface area contributed by atoms with E-state index in [1.165, 1.54) is 0 Å². The Kier molecular flexibility index (Phi) is 4.95. The summed E-state index contributed by atoms with van der Waals surface area (Å²) in [5, 5.41) is 13.5. The maximum atomic E-state index is 10.4. The topological polar surface area (TPSA) is 52.2 Å². The van der Waals surface area contributed by atoms with E-state index < -0.39 is 5.97 Å². The van der Waals surface area contributed by atoms with Crippen LogP contribution in [0.3, 0.4) is 0 Å². The van der Waals surface area contributed by atoms with E-state index in [1.54, 1.807) is 0 Å². The highest BCUT2D eigenvalue weighted by Crippen LogP contribution is 1.98. The first-order chi connectivity index (χ1) is 5.85. The van der Waals surface area contributed by atoms with Crippen LogP contribution in [0.5, 0.6) is 0 Å². The number of hydrogen-bond acceptors (Lipinski definition) is 3. The van der Waals surface area contributed by atoms with E-state index in [0.29, 0.717) is 0 Å². The number of carbonyl (C=O) groups is 1. The second-order valence-electron chi connectivity index (χ2n) is 4.30. The van der Waals surface area contributed by atoms with Crippen LogP contribution in [0.15, 0.2) is 0 Å². The van der Waals surface area contributed by atoms with E-state index in [9.17, 15) is 9.90 Å². The molecule has 0 aromatic carbocycles. The molecule has 0 radical (unpaired) electrons. The highest BCUT2D eigenvalue weighted by Gasteiger charge is 2.16. The summed E-state index contributed by atoms with van der Waals surface area (Å²) < 4.78 is 0.755. The molecule has 0 aliphatic rings. The van der Waals surface area contributed by atoms with Crippen molar-refractivity contribution >= 4 is 5.97 Å². The number of carboxylic acids is 1. The molecule has 0 spiro atoms. The van der Waals surface area contributed by atoms with Gasteiger partial charge in [-0.25, -0.2) is 0 Å². The Labute approximate surface area is 80.1 Å². The van der Waals surface area contributed by atoms with Gasteiger partial charge in [0.25, 0.3) is 0 Å². The van der Waals surface area contributed by atoms with Crippen LogP contribution < -0.4 is 10.4 Å². The zero-order valence-corrected chi connectivity index (χ0v) is 8.96. The second-order valence-corrected chi connectivity index (χ2v) is 4.30. The van der Waals surface area contributed by atoms with Crippen molar-refractivity contribution < 1.29 is 14.4 Å². The molecular formula is C9H20N2O2. The number of nitrogens with zero attached hydrogens (tertiary/aromatic N) is 1. The zero-order chi connectivity index (χ0) is 10.5. The molecule has 1 N–H and O–H groups in total. The van der Waals surface area contributed by atoms with Gasteiger partial charge in [-0.2, -0.15) is 0 Å². The molecule has 0 bridgehead atoms. The van der Waals surface area contributed by atoms with Crippen molar-refractivity contribution in [1.82, 2.24) is 5.32 Å². The van der Waals surface area contributed by atoms with Gasteiger partial charge in [0.15, 0.2) is 0 Å². The number of aliphatic carboxylic acids is 1. The van der Waals surface area contributed by atoms with Crippen molar-refractivity contribution in [2.75, 3.05) is 34.2 Å². The summed E-state index contributed by atoms with van der Waals surface area (Å²) in [7, 11) is 6.12. The third-order valence-corrected chi connectivity index (χ3v) is 1.67. The second kappa shape index (κ2) is 5.19. The molecular weight excluding hydrogens is 168 g/mol. The number of hydrogen-bond donors (Lipinski definition) is 1. The molecule has 0 saturated carbocycles. The largest absolute Gasteiger partial charge is 0.550 e. The van der Waals surface area contributed by atoms with Crippen molar-refractivity contribution in [1.29, 1.82) is 0 Å². The van der Waals surface area contributed by atoms with Gasteiger partial charge >= 0.3 is 0 Å². The van der Waals surface area contributed by atoms with Crippen LogP contribution in [0.25, 0.3) is 0 Å². The number of carboxylic acid groups (broad SMARTS) is 1. The number of quaternary nitrogens is 1. The van der Waals surface area contributed by atoms with Crippen LogP contribution in [0, 0.1) is 0 Å². The van der Waals surface area contributed by atoms with E-state index in [4.69, 9.17) is 0 Å².